The Balaban J connectivity index is 2.35. The highest BCUT2D eigenvalue weighted by Gasteiger charge is 2.26. The minimum absolute atomic E-state index is 0.0629. The molecule has 0 aliphatic rings. The maximum absolute atomic E-state index is 12.1. The number of hydrogen-bond donors (Lipinski definition) is 1. The molecule has 1 unspecified atom stereocenters. The van der Waals surface area contributed by atoms with Crippen molar-refractivity contribution in [2.45, 2.75) is 51.6 Å². The van der Waals surface area contributed by atoms with Gasteiger partial charge in [0.2, 0.25) is 0 Å². The lowest BCUT2D eigenvalue weighted by molar-refractivity contribution is -0.135. The Morgan fingerprint density at radius 2 is 1.85 bits per heavy atom. The van der Waals surface area contributed by atoms with Crippen molar-refractivity contribution in [2.75, 3.05) is 7.11 Å². The standard InChI is InChI=1S/C15H22F3NO/c1-12(6-5-9-15(16,17)18)19-10-13-7-3-4-8-14(13)11-20-2/h3-4,7-8,12,19H,5-6,9-11H2,1-2H3. The van der Waals surface area contributed by atoms with Gasteiger partial charge in [0.25, 0.3) is 0 Å². The number of halogens is 3. The average molecular weight is 289 g/mol. The van der Waals surface area contributed by atoms with E-state index in [2.05, 4.69) is 5.32 Å². The van der Waals surface area contributed by atoms with Crippen LogP contribution in [0.2, 0.25) is 0 Å². The minimum atomic E-state index is -4.05. The van der Waals surface area contributed by atoms with Gasteiger partial charge in [-0.25, -0.2) is 0 Å². The Bertz CT molecular complexity index is 393. The monoisotopic (exact) mass is 289 g/mol. The fourth-order valence-electron chi connectivity index (χ4n) is 2.02. The Morgan fingerprint density at radius 3 is 2.45 bits per heavy atom. The molecule has 1 aromatic carbocycles. The van der Waals surface area contributed by atoms with Crippen molar-refractivity contribution < 1.29 is 17.9 Å². The third kappa shape index (κ3) is 6.91. The molecular formula is C15H22F3NO. The summed E-state index contributed by atoms with van der Waals surface area (Å²) in [4.78, 5) is 0. The van der Waals surface area contributed by atoms with Crippen molar-refractivity contribution in [3.63, 3.8) is 0 Å². The van der Waals surface area contributed by atoms with Gasteiger partial charge in [-0.15, -0.1) is 0 Å². The molecular weight excluding hydrogens is 267 g/mol. The number of methoxy groups -OCH3 is 1. The Morgan fingerprint density at radius 1 is 1.20 bits per heavy atom. The minimum Gasteiger partial charge on any atom is -0.380 e. The van der Waals surface area contributed by atoms with Crippen LogP contribution in [0.25, 0.3) is 0 Å². The maximum Gasteiger partial charge on any atom is 0.389 e. The quantitative estimate of drug-likeness (QED) is 0.779. The molecule has 0 aliphatic heterocycles. The number of alkyl halides is 3. The van der Waals surface area contributed by atoms with Gasteiger partial charge in [0.15, 0.2) is 0 Å². The molecule has 0 saturated carbocycles. The van der Waals surface area contributed by atoms with E-state index in [9.17, 15) is 13.2 Å². The molecule has 0 bridgehead atoms. The summed E-state index contributed by atoms with van der Waals surface area (Å²) in [5.74, 6) is 0. The van der Waals surface area contributed by atoms with E-state index < -0.39 is 12.6 Å². The van der Waals surface area contributed by atoms with E-state index in [4.69, 9.17) is 4.74 Å². The number of rotatable bonds is 8. The number of ether oxygens (including phenoxy) is 1. The predicted molar refractivity (Wildman–Crippen MR) is 73.4 cm³/mol. The summed E-state index contributed by atoms with van der Waals surface area (Å²) in [7, 11) is 1.64. The van der Waals surface area contributed by atoms with E-state index in [1.165, 1.54) is 0 Å². The Hall–Kier alpha value is -1.07. The van der Waals surface area contributed by atoms with Crippen molar-refractivity contribution in [3.05, 3.63) is 35.4 Å². The highest BCUT2D eigenvalue weighted by atomic mass is 19.4. The van der Waals surface area contributed by atoms with E-state index in [-0.39, 0.29) is 12.5 Å². The molecule has 1 N–H and O–H groups in total. The lowest BCUT2D eigenvalue weighted by Gasteiger charge is -2.16. The molecule has 0 radical (unpaired) electrons. The van der Waals surface area contributed by atoms with Gasteiger partial charge in [-0.2, -0.15) is 13.2 Å². The van der Waals surface area contributed by atoms with Crippen molar-refractivity contribution >= 4 is 0 Å². The lowest BCUT2D eigenvalue weighted by atomic mass is 10.1. The highest BCUT2D eigenvalue weighted by Crippen LogP contribution is 2.22. The van der Waals surface area contributed by atoms with Crippen molar-refractivity contribution in [1.82, 2.24) is 5.32 Å². The summed E-state index contributed by atoms with van der Waals surface area (Å²) in [6, 6.07) is 7.96. The van der Waals surface area contributed by atoms with Gasteiger partial charge < -0.3 is 10.1 Å². The molecule has 0 aliphatic carbocycles. The fourth-order valence-corrected chi connectivity index (χ4v) is 2.02. The summed E-state index contributed by atoms with van der Waals surface area (Å²) in [5, 5.41) is 3.26. The molecule has 114 valence electrons. The average Bonchev–Trinajstić information content (AvgIpc) is 2.36. The zero-order valence-corrected chi connectivity index (χ0v) is 12.0. The Kier molecular flexibility index (Phi) is 7.02. The first-order valence-corrected chi connectivity index (χ1v) is 6.78. The van der Waals surface area contributed by atoms with Gasteiger partial charge in [-0.05, 0) is 30.9 Å². The molecule has 2 nitrogen and oxygen atoms in total. The number of benzene rings is 1. The summed E-state index contributed by atoms with van der Waals surface area (Å²) >= 11 is 0. The van der Waals surface area contributed by atoms with Crippen LogP contribution < -0.4 is 5.32 Å². The van der Waals surface area contributed by atoms with Gasteiger partial charge in [-0.1, -0.05) is 24.3 Å². The molecule has 0 spiro atoms. The van der Waals surface area contributed by atoms with Crippen LogP contribution in [0, 0.1) is 0 Å². The third-order valence-electron chi connectivity index (χ3n) is 3.16. The van der Waals surface area contributed by atoms with Gasteiger partial charge in [-0.3, -0.25) is 0 Å². The number of nitrogens with one attached hydrogen (secondary N) is 1. The fraction of sp³-hybridized carbons (Fsp3) is 0.600. The van der Waals surface area contributed by atoms with Crippen LogP contribution in [0.15, 0.2) is 24.3 Å². The SMILES string of the molecule is COCc1ccccc1CNC(C)CCCC(F)(F)F. The van der Waals surface area contributed by atoms with Crippen molar-refractivity contribution in [1.29, 1.82) is 0 Å². The molecule has 1 aromatic rings. The van der Waals surface area contributed by atoms with E-state index in [1.54, 1.807) is 7.11 Å². The van der Waals surface area contributed by atoms with Crippen molar-refractivity contribution in [2.24, 2.45) is 0 Å². The Labute approximate surface area is 118 Å². The molecule has 0 amide bonds. The zero-order chi connectivity index (χ0) is 15.0. The van der Waals surface area contributed by atoms with Crippen LogP contribution in [0.4, 0.5) is 13.2 Å². The second kappa shape index (κ2) is 8.27. The molecule has 20 heavy (non-hydrogen) atoms. The van der Waals surface area contributed by atoms with Crippen LogP contribution in [0.3, 0.4) is 0 Å². The van der Waals surface area contributed by atoms with Crippen LogP contribution in [-0.4, -0.2) is 19.3 Å². The predicted octanol–water partition coefficient (Wildman–Crippen LogP) is 4.04. The first kappa shape index (κ1) is 17.0. The van der Waals surface area contributed by atoms with Gasteiger partial charge in [0.1, 0.15) is 0 Å². The molecule has 0 fully saturated rings. The van der Waals surface area contributed by atoms with Gasteiger partial charge in [0, 0.05) is 26.1 Å². The molecule has 0 saturated heterocycles. The second-order valence-electron chi connectivity index (χ2n) is 4.99. The third-order valence-corrected chi connectivity index (χ3v) is 3.16. The highest BCUT2D eigenvalue weighted by molar-refractivity contribution is 5.26. The van der Waals surface area contributed by atoms with E-state index in [0.717, 1.165) is 11.1 Å². The van der Waals surface area contributed by atoms with Crippen LogP contribution in [0.5, 0.6) is 0 Å². The second-order valence-corrected chi connectivity index (χ2v) is 4.99. The van der Waals surface area contributed by atoms with Crippen LogP contribution >= 0.6 is 0 Å². The van der Waals surface area contributed by atoms with Crippen LogP contribution in [0.1, 0.15) is 37.3 Å². The largest absolute Gasteiger partial charge is 0.389 e. The first-order valence-electron chi connectivity index (χ1n) is 6.78. The molecule has 5 heteroatoms. The van der Waals surface area contributed by atoms with Crippen molar-refractivity contribution in [3.8, 4) is 0 Å². The summed E-state index contributed by atoms with van der Waals surface area (Å²) < 4.78 is 41.3. The topological polar surface area (TPSA) is 21.3 Å². The molecule has 1 atom stereocenters. The van der Waals surface area contributed by atoms with Crippen LogP contribution in [-0.2, 0) is 17.9 Å². The summed E-state index contributed by atoms with van der Waals surface area (Å²) in [5.41, 5.74) is 2.22. The molecule has 0 aromatic heterocycles. The maximum atomic E-state index is 12.1. The molecule has 0 heterocycles. The van der Waals surface area contributed by atoms with E-state index in [0.29, 0.717) is 19.6 Å². The van der Waals surface area contributed by atoms with E-state index in [1.807, 2.05) is 31.2 Å². The smallest absolute Gasteiger partial charge is 0.380 e. The molecule has 1 rings (SSSR count). The van der Waals surface area contributed by atoms with Gasteiger partial charge in [0.05, 0.1) is 6.61 Å². The van der Waals surface area contributed by atoms with Gasteiger partial charge >= 0.3 is 6.18 Å². The lowest BCUT2D eigenvalue weighted by Crippen LogP contribution is -2.26. The first-order chi connectivity index (χ1) is 9.42. The van der Waals surface area contributed by atoms with E-state index >= 15 is 0 Å². The zero-order valence-electron chi connectivity index (χ0n) is 12.0. The normalized spacial score (nSPS) is 13.4. The number of hydrogen-bond acceptors (Lipinski definition) is 2. The summed E-state index contributed by atoms with van der Waals surface area (Å²) in [6.45, 7) is 3.10. The summed E-state index contributed by atoms with van der Waals surface area (Å²) in [6.07, 6.45) is -4.08.